The Morgan fingerprint density at radius 1 is 0.412 bits per heavy atom. The maximum Gasteiger partial charge on any atom is 0.160 e. The molecule has 1 aromatic heterocycles. The van der Waals surface area contributed by atoms with Crippen LogP contribution in [0, 0.1) is 11.3 Å². The Kier molecular flexibility index (Phi) is 7.42. The van der Waals surface area contributed by atoms with Crippen molar-refractivity contribution in [3.63, 3.8) is 0 Å². The largest absolute Gasteiger partial charge is 0.228 e. The van der Waals surface area contributed by atoms with Crippen molar-refractivity contribution in [2.75, 3.05) is 0 Å². The van der Waals surface area contributed by atoms with E-state index in [1.807, 2.05) is 48.5 Å². The summed E-state index contributed by atoms with van der Waals surface area (Å²) in [6.45, 7) is 0. The molecule has 7 aromatic carbocycles. The van der Waals surface area contributed by atoms with Gasteiger partial charge in [-0.1, -0.05) is 164 Å². The van der Waals surface area contributed by atoms with E-state index < -0.39 is 5.41 Å². The van der Waals surface area contributed by atoms with Crippen LogP contribution in [0.4, 0.5) is 0 Å². The second-order valence-electron chi connectivity index (χ2n) is 12.9. The van der Waals surface area contributed by atoms with Gasteiger partial charge in [-0.25, -0.2) is 9.97 Å². The standard InChI is InChI=1S/C48H31N3/c49-32-38-21-14-26-42-46(38)41-28-27-36(30-43(41)48(42,39-22-9-3-10-23-39)40-24-11-4-12-25-40)35-19-13-20-37(29-35)45-31-44(33-15-5-1-6-16-33)50-47(51-45)34-17-7-2-8-18-34/h1-31H. The lowest BCUT2D eigenvalue weighted by Crippen LogP contribution is -2.28. The average molecular weight is 650 g/mol. The Morgan fingerprint density at radius 2 is 0.941 bits per heavy atom. The first-order chi connectivity index (χ1) is 25.2. The molecule has 0 bridgehead atoms. The van der Waals surface area contributed by atoms with Crippen molar-refractivity contribution < 1.29 is 0 Å². The number of rotatable bonds is 6. The highest BCUT2D eigenvalue weighted by molar-refractivity contribution is 5.91. The maximum absolute atomic E-state index is 10.3. The van der Waals surface area contributed by atoms with Gasteiger partial charge in [-0.05, 0) is 63.2 Å². The van der Waals surface area contributed by atoms with Crippen molar-refractivity contribution in [1.82, 2.24) is 9.97 Å². The normalized spacial score (nSPS) is 12.5. The molecule has 1 heterocycles. The first-order valence-electron chi connectivity index (χ1n) is 17.1. The summed E-state index contributed by atoms with van der Waals surface area (Å²) in [5.74, 6) is 0.691. The Balaban J connectivity index is 1.24. The molecule has 1 aliphatic carbocycles. The number of fused-ring (bicyclic) bond motifs is 3. The van der Waals surface area contributed by atoms with E-state index in [1.54, 1.807) is 0 Å². The number of benzene rings is 7. The van der Waals surface area contributed by atoms with Crippen LogP contribution in [0.15, 0.2) is 188 Å². The van der Waals surface area contributed by atoms with Crippen molar-refractivity contribution in [2.45, 2.75) is 5.41 Å². The summed E-state index contributed by atoms with van der Waals surface area (Å²) in [6.07, 6.45) is 0. The monoisotopic (exact) mass is 649 g/mol. The SMILES string of the molecule is N#Cc1cccc2c1-c1ccc(-c3cccc(-c4cc(-c5ccccc5)nc(-c5ccccc5)n4)c3)cc1C2(c1ccccc1)c1ccccc1. The van der Waals surface area contributed by atoms with E-state index in [1.165, 1.54) is 16.7 Å². The van der Waals surface area contributed by atoms with Crippen molar-refractivity contribution in [1.29, 1.82) is 5.26 Å². The molecule has 0 atom stereocenters. The number of hydrogen-bond donors (Lipinski definition) is 0. The third-order valence-electron chi connectivity index (χ3n) is 10.0. The van der Waals surface area contributed by atoms with E-state index in [0.29, 0.717) is 11.4 Å². The summed E-state index contributed by atoms with van der Waals surface area (Å²) >= 11 is 0. The van der Waals surface area contributed by atoms with Crippen LogP contribution < -0.4 is 0 Å². The highest BCUT2D eigenvalue weighted by Crippen LogP contribution is 2.57. The molecule has 51 heavy (non-hydrogen) atoms. The Labute approximate surface area is 297 Å². The van der Waals surface area contributed by atoms with Crippen LogP contribution in [0.1, 0.15) is 27.8 Å². The highest BCUT2D eigenvalue weighted by Gasteiger charge is 2.47. The van der Waals surface area contributed by atoms with Gasteiger partial charge >= 0.3 is 0 Å². The average Bonchev–Trinajstić information content (AvgIpc) is 3.52. The predicted molar refractivity (Wildman–Crippen MR) is 206 cm³/mol. The van der Waals surface area contributed by atoms with Crippen LogP contribution in [0.2, 0.25) is 0 Å². The van der Waals surface area contributed by atoms with Gasteiger partial charge in [0.2, 0.25) is 0 Å². The van der Waals surface area contributed by atoms with Gasteiger partial charge in [-0.2, -0.15) is 5.26 Å². The number of nitriles is 1. The van der Waals surface area contributed by atoms with E-state index >= 15 is 0 Å². The van der Waals surface area contributed by atoms with Crippen LogP contribution in [0.3, 0.4) is 0 Å². The van der Waals surface area contributed by atoms with Gasteiger partial charge in [0.25, 0.3) is 0 Å². The lowest BCUT2D eigenvalue weighted by Gasteiger charge is -2.34. The van der Waals surface area contributed by atoms with E-state index in [-0.39, 0.29) is 0 Å². The zero-order chi connectivity index (χ0) is 34.2. The van der Waals surface area contributed by atoms with Crippen molar-refractivity contribution in [2.24, 2.45) is 0 Å². The molecule has 0 N–H and O–H groups in total. The zero-order valence-electron chi connectivity index (χ0n) is 27.7. The molecule has 1 aliphatic rings. The minimum atomic E-state index is -0.602. The lowest BCUT2D eigenvalue weighted by atomic mass is 9.67. The second-order valence-corrected chi connectivity index (χ2v) is 12.9. The quantitative estimate of drug-likeness (QED) is 0.180. The summed E-state index contributed by atoms with van der Waals surface area (Å²) in [4.78, 5) is 10.1. The van der Waals surface area contributed by atoms with Gasteiger partial charge in [0.15, 0.2) is 5.82 Å². The van der Waals surface area contributed by atoms with Crippen LogP contribution in [0.5, 0.6) is 0 Å². The van der Waals surface area contributed by atoms with E-state index in [9.17, 15) is 5.26 Å². The topological polar surface area (TPSA) is 49.6 Å². The number of hydrogen-bond acceptors (Lipinski definition) is 3. The van der Waals surface area contributed by atoms with Gasteiger partial charge < -0.3 is 0 Å². The molecular weight excluding hydrogens is 619 g/mol. The van der Waals surface area contributed by atoms with Gasteiger partial charge in [0.1, 0.15) is 0 Å². The van der Waals surface area contributed by atoms with Crippen molar-refractivity contribution in [3.8, 4) is 62.2 Å². The van der Waals surface area contributed by atoms with E-state index in [2.05, 4.69) is 146 Å². The molecule has 8 aromatic rings. The third kappa shape index (κ3) is 5.05. The molecule has 0 amide bonds. The van der Waals surface area contributed by atoms with Crippen molar-refractivity contribution >= 4 is 0 Å². The molecule has 3 nitrogen and oxygen atoms in total. The summed E-state index contributed by atoms with van der Waals surface area (Å²) in [5.41, 5.74) is 13.8. The molecule has 238 valence electrons. The zero-order valence-corrected chi connectivity index (χ0v) is 27.7. The fraction of sp³-hybridized carbons (Fsp3) is 0.0208. The molecule has 0 fully saturated rings. The summed E-state index contributed by atoms with van der Waals surface area (Å²) in [5, 5.41) is 10.3. The second kappa shape index (κ2) is 12.5. The van der Waals surface area contributed by atoms with Crippen LogP contribution >= 0.6 is 0 Å². The molecule has 0 aliphatic heterocycles. The van der Waals surface area contributed by atoms with Gasteiger partial charge in [0, 0.05) is 22.3 Å². The van der Waals surface area contributed by atoms with E-state index in [4.69, 9.17) is 9.97 Å². The lowest BCUT2D eigenvalue weighted by molar-refractivity contribution is 0.768. The molecular formula is C48H31N3. The molecule has 0 radical (unpaired) electrons. The van der Waals surface area contributed by atoms with E-state index in [0.717, 1.165) is 55.9 Å². The molecule has 3 heteroatoms. The molecule has 0 spiro atoms. The first-order valence-corrected chi connectivity index (χ1v) is 17.1. The van der Waals surface area contributed by atoms with Crippen molar-refractivity contribution in [3.05, 3.63) is 216 Å². The van der Waals surface area contributed by atoms with Crippen LogP contribution in [0.25, 0.3) is 56.2 Å². The fourth-order valence-electron chi connectivity index (χ4n) is 7.74. The Hall–Kier alpha value is -6.89. The smallest absolute Gasteiger partial charge is 0.160 e. The summed E-state index contributed by atoms with van der Waals surface area (Å²) in [6, 6.07) is 67.9. The van der Waals surface area contributed by atoms with Gasteiger partial charge in [-0.15, -0.1) is 0 Å². The minimum Gasteiger partial charge on any atom is -0.228 e. The number of nitrogens with zero attached hydrogens (tertiary/aromatic N) is 3. The van der Waals surface area contributed by atoms with Crippen LogP contribution in [-0.4, -0.2) is 9.97 Å². The number of aromatic nitrogens is 2. The highest BCUT2D eigenvalue weighted by atomic mass is 14.9. The molecule has 9 rings (SSSR count). The predicted octanol–water partition coefficient (Wildman–Crippen LogP) is 11.4. The fourth-order valence-corrected chi connectivity index (χ4v) is 7.74. The van der Waals surface area contributed by atoms with Crippen LogP contribution in [-0.2, 0) is 5.41 Å². The first kappa shape index (κ1) is 30.2. The Morgan fingerprint density at radius 3 is 1.59 bits per heavy atom. The Bertz CT molecular complexity index is 2470. The maximum atomic E-state index is 10.3. The van der Waals surface area contributed by atoms with Gasteiger partial charge in [-0.3, -0.25) is 0 Å². The molecule has 0 unspecified atom stereocenters. The molecule has 0 saturated heterocycles. The molecule has 0 saturated carbocycles. The van der Waals surface area contributed by atoms with Gasteiger partial charge in [0.05, 0.1) is 28.4 Å². The summed E-state index contributed by atoms with van der Waals surface area (Å²) < 4.78 is 0. The third-order valence-corrected chi connectivity index (χ3v) is 10.0. The summed E-state index contributed by atoms with van der Waals surface area (Å²) in [7, 11) is 0. The minimum absolute atomic E-state index is 0.602.